The van der Waals surface area contributed by atoms with Crippen LogP contribution in [0.1, 0.15) is 36.3 Å². The van der Waals surface area contributed by atoms with Crippen LogP contribution in [0.25, 0.3) is 10.8 Å². The highest BCUT2D eigenvalue weighted by Gasteiger charge is 2.32. The van der Waals surface area contributed by atoms with Gasteiger partial charge in [-0.25, -0.2) is 0 Å². The minimum Gasteiger partial charge on any atom is -0.352 e. The maximum absolute atomic E-state index is 5.64. The van der Waals surface area contributed by atoms with Crippen molar-refractivity contribution in [2.75, 3.05) is 11.4 Å². The second kappa shape index (κ2) is 6.28. The zero-order valence-electron chi connectivity index (χ0n) is 14.9. The van der Waals surface area contributed by atoms with Crippen LogP contribution < -0.4 is 4.90 Å². The van der Waals surface area contributed by atoms with Gasteiger partial charge in [-0.2, -0.15) is 0 Å². The summed E-state index contributed by atoms with van der Waals surface area (Å²) in [5.74, 6) is 0.825. The summed E-state index contributed by atoms with van der Waals surface area (Å²) in [4.78, 5) is 4.55. The zero-order chi connectivity index (χ0) is 17.4. The molecule has 4 rings (SSSR count). The third-order valence-corrected chi connectivity index (χ3v) is 4.92. The summed E-state index contributed by atoms with van der Waals surface area (Å²) in [6.07, 6.45) is 5.44. The van der Waals surface area contributed by atoms with E-state index in [4.69, 9.17) is 4.52 Å². The van der Waals surface area contributed by atoms with Gasteiger partial charge in [-0.15, -0.1) is 0 Å². The van der Waals surface area contributed by atoms with Crippen molar-refractivity contribution in [2.45, 2.75) is 33.4 Å². The monoisotopic (exact) mass is 333 g/mol. The van der Waals surface area contributed by atoms with Gasteiger partial charge in [0.2, 0.25) is 5.88 Å². The predicted octanol–water partition coefficient (Wildman–Crippen LogP) is 5.15. The summed E-state index contributed by atoms with van der Waals surface area (Å²) in [6, 6.07) is 15.2. The highest BCUT2D eigenvalue weighted by atomic mass is 16.5. The van der Waals surface area contributed by atoms with Crippen LogP contribution in [0.3, 0.4) is 0 Å². The second-order valence-corrected chi connectivity index (χ2v) is 6.62. The lowest BCUT2D eigenvalue weighted by Crippen LogP contribution is -2.31. The molecule has 0 amide bonds. The van der Waals surface area contributed by atoms with Gasteiger partial charge >= 0.3 is 0 Å². The molecule has 128 valence electrons. The van der Waals surface area contributed by atoms with Gasteiger partial charge in [0.15, 0.2) is 0 Å². The Bertz CT molecular complexity index is 928. The quantitative estimate of drug-likeness (QED) is 0.661. The van der Waals surface area contributed by atoms with Gasteiger partial charge in [-0.3, -0.25) is 4.90 Å². The van der Waals surface area contributed by atoms with Crippen LogP contribution in [-0.4, -0.2) is 16.6 Å². The molecule has 1 aliphatic heterocycles. The van der Waals surface area contributed by atoms with Crippen molar-refractivity contribution >= 4 is 16.7 Å². The van der Waals surface area contributed by atoms with Gasteiger partial charge in [0, 0.05) is 24.5 Å². The number of aromatic nitrogens is 1. The van der Waals surface area contributed by atoms with Crippen LogP contribution >= 0.6 is 0 Å². The SMILES string of the molecule is CCCN1C=CN(c2onc(C)c2C)C1c1ccc2ccccc2c1. The van der Waals surface area contributed by atoms with Crippen LogP contribution in [0, 0.1) is 13.8 Å². The first-order chi connectivity index (χ1) is 12.2. The summed E-state index contributed by atoms with van der Waals surface area (Å²) < 4.78 is 5.64. The van der Waals surface area contributed by atoms with Gasteiger partial charge in [0.05, 0.1) is 5.69 Å². The van der Waals surface area contributed by atoms with Crippen molar-refractivity contribution in [1.29, 1.82) is 0 Å². The molecule has 0 bridgehead atoms. The molecule has 1 atom stereocenters. The fourth-order valence-electron chi connectivity index (χ4n) is 3.48. The maximum Gasteiger partial charge on any atom is 0.236 e. The van der Waals surface area contributed by atoms with Crippen molar-refractivity contribution in [3.8, 4) is 0 Å². The molecule has 2 aromatic carbocycles. The van der Waals surface area contributed by atoms with Crippen LogP contribution in [0.4, 0.5) is 5.88 Å². The van der Waals surface area contributed by atoms with Crippen molar-refractivity contribution in [3.63, 3.8) is 0 Å². The normalized spacial score (nSPS) is 17.0. The van der Waals surface area contributed by atoms with Crippen molar-refractivity contribution in [1.82, 2.24) is 10.1 Å². The van der Waals surface area contributed by atoms with E-state index < -0.39 is 0 Å². The molecule has 0 saturated heterocycles. The molecule has 0 spiro atoms. The van der Waals surface area contributed by atoms with Crippen LogP contribution in [-0.2, 0) is 0 Å². The third kappa shape index (κ3) is 2.68. The molecular formula is C21H23N3O. The molecule has 1 aromatic heterocycles. The number of anilines is 1. The topological polar surface area (TPSA) is 32.5 Å². The predicted molar refractivity (Wildman–Crippen MR) is 101 cm³/mol. The molecule has 1 unspecified atom stereocenters. The Labute approximate surface area is 148 Å². The maximum atomic E-state index is 5.64. The Morgan fingerprint density at radius 3 is 2.56 bits per heavy atom. The Balaban J connectivity index is 1.79. The lowest BCUT2D eigenvalue weighted by Gasteiger charge is -2.31. The third-order valence-electron chi connectivity index (χ3n) is 4.92. The average Bonchev–Trinajstić information content (AvgIpc) is 3.19. The van der Waals surface area contributed by atoms with E-state index in [0.29, 0.717) is 0 Å². The number of benzene rings is 2. The summed E-state index contributed by atoms with van der Waals surface area (Å²) in [6.45, 7) is 7.25. The Hall–Kier alpha value is -2.75. The molecule has 0 aliphatic carbocycles. The molecule has 0 N–H and O–H groups in total. The minimum absolute atomic E-state index is 0.0932. The fraction of sp³-hybridized carbons (Fsp3) is 0.286. The number of aryl methyl sites for hydroxylation is 1. The van der Waals surface area contributed by atoms with E-state index in [1.807, 2.05) is 6.92 Å². The van der Waals surface area contributed by atoms with E-state index >= 15 is 0 Å². The Kier molecular flexibility index (Phi) is 3.96. The Morgan fingerprint density at radius 1 is 1.04 bits per heavy atom. The minimum atomic E-state index is 0.0932. The molecule has 4 heteroatoms. The molecule has 1 aliphatic rings. The largest absolute Gasteiger partial charge is 0.352 e. The molecular weight excluding hydrogens is 310 g/mol. The average molecular weight is 333 g/mol. The fourth-order valence-corrected chi connectivity index (χ4v) is 3.48. The molecule has 25 heavy (non-hydrogen) atoms. The van der Waals surface area contributed by atoms with E-state index in [2.05, 4.69) is 83.7 Å². The van der Waals surface area contributed by atoms with Crippen molar-refractivity contribution < 1.29 is 4.52 Å². The zero-order valence-corrected chi connectivity index (χ0v) is 14.9. The first kappa shape index (κ1) is 15.8. The van der Waals surface area contributed by atoms with Gasteiger partial charge in [-0.05, 0) is 42.7 Å². The molecule has 4 nitrogen and oxygen atoms in total. The van der Waals surface area contributed by atoms with Gasteiger partial charge < -0.3 is 9.42 Å². The molecule has 0 radical (unpaired) electrons. The second-order valence-electron chi connectivity index (χ2n) is 6.62. The number of fused-ring (bicyclic) bond motifs is 1. The number of hydrogen-bond acceptors (Lipinski definition) is 4. The van der Waals surface area contributed by atoms with Gasteiger partial charge in [0.1, 0.15) is 6.17 Å². The first-order valence-corrected chi connectivity index (χ1v) is 8.83. The van der Waals surface area contributed by atoms with E-state index in [9.17, 15) is 0 Å². The summed E-state index contributed by atoms with van der Waals surface area (Å²) in [5, 5.41) is 6.66. The summed E-state index contributed by atoms with van der Waals surface area (Å²) >= 11 is 0. The summed E-state index contributed by atoms with van der Waals surface area (Å²) in [7, 11) is 0. The lowest BCUT2D eigenvalue weighted by atomic mass is 10.0. The van der Waals surface area contributed by atoms with E-state index in [-0.39, 0.29) is 6.17 Å². The van der Waals surface area contributed by atoms with Gasteiger partial charge in [-0.1, -0.05) is 48.5 Å². The highest BCUT2D eigenvalue weighted by Crippen LogP contribution is 2.38. The highest BCUT2D eigenvalue weighted by molar-refractivity contribution is 5.83. The lowest BCUT2D eigenvalue weighted by molar-refractivity contribution is 0.293. The van der Waals surface area contributed by atoms with Crippen molar-refractivity contribution in [2.24, 2.45) is 0 Å². The molecule has 3 aromatic rings. The van der Waals surface area contributed by atoms with Crippen LogP contribution in [0.2, 0.25) is 0 Å². The molecule has 0 fully saturated rings. The smallest absolute Gasteiger partial charge is 0.236 e. The van der Waals surface area contributed by atoms with Crippen molar-refractivity contribution in [3.05, 3.63) is 71.7 Å². The van der Waals surface area contributed by atoms with Crippen LogP contribution in [0.5, 0.6) is 0 Å². The van der Waals surface area contributed by atoms with E-state index in [1.165, 1.54) is 16.3 Å². The standard InChI is InChI=1S/C21H23N3O/c1-4-11-23-12-13-24(21-15(2)16(3)22-25-21)20(23)19-10-9-17-7-5-6-8-18(17)14-19/h5-10,12-14,20H,4,11H2,1-3H3. The number of rotatable bonds is 4. The van der Waals surface area contributed by atoms with E-state index in [0.717, 1.165) is 30.1 Å². The number of nitrogens with zero attached hydrogens (tertiary/aromatic N) is 3. The van der Waals surface area contributed by atoms with Crippen LogP contribution in [0.15, 0.2) is 59.4 Å². The van der Waals surface area contributed by atoms with Gasteiger partial charge in [0.25, 0.3) is 0 Å². The molecule has 0 saturated carbocycles. The number of hydrogen-bond donors (Lipinski definition) is 0. The van der Waals surface area contributed by atoms with E-state index in [1.54, 1.807) is 0 Å². The molecule has 2 heterocycles. The summed E-state index contributed by atoms with van der Waals surface area (Å²) in [5.41, 5.74) is 3.29. The first-order valence-electron chi connectivity index (χ1n) is 8.83. The Morgan fingerprint density at radius 2 is 1.84 bits per heavy atom.